The van der Waals surface area contributed by atoms with Crippen molar-refractivity contribution in [2.45, 2.75) is 51.5 Å². The minimum Gasteiger partial charge on any atom is -0.355 e. The Morgan fingerprint density at radius 1 is 1.19 bits per heavy atom. The molecular formula is C23H27N3O. The number of imidazole rings is 1. The predicted molar refractivity (Wildman–Crippen MR) is 106 cm³/mol. The number of para-hydroxylation sites is 2. The van der Waals surface area contributed by atoms with Crippen molar-refractivity contribution in [1.29, 1.82) is 0 Å². The van der Waals surface area contributed by atoms with E-state index in [4.69, 9.17) is 11.4 Å². The monoisotopic (exact) mass is 361 g/mol. The highest BCUT2D eigenvalue weighted by Gasteiger charge is 2.54. The summed E-state index contributed by atoms with van der Waals surface area (Å²) in [4.78, 5) is 17.8. The van der Waals surface area contributed by atoms with Gasteiger partial charge in [0.2, 0.25) is 5.91 Å². The normalized spacial score (nSPS) is 31.1. The van der Waals surface area contributed by atoms with Gasteiger partial charge < -0.3 is 9.88 Å². The molecule has 4 aliphatic carbocycles. The van der Waals surface area contributed by atoms with Crippen LogP contribution in [-0.4, -0.2) is 22.0 Å². The van der Waals surface area contributed by atoms with Crippen LogP contribution in [0.4, 0.5) is 0 Å². The van der Waals surface area contributed by atoms with Crippen molar-refractivity contribution in [2.75, 3.05) is 6.54 Å². The fraction of sp³-hybridized carbons (Fsp3) is 0.565. The van der Waals surface area contributed by atoms with Crippen LogP contribution in [0.3, 0.4) is 0 Å². The molecule has 4 bridgehead atoms. The van der Waals surface area contributed by atoms with Crippen LogP contribution in [0, 0.1) is 35.5 Å². The highest BCUT2D eigenvalue weighted by molar-refractivity contribution is 5.83. The molecular weight excluding hydrogens is 334 g/mol. The van der Waals surface area contributed by atoms with E-state index in [-0.39, 0.29) is 5.41 Å². The number of hydrogen-bond donors (Lipinski definition) is 1. The molecule has 4 aliphatic rings. The summed E-state index contributed by atoms with van der Waals surface area (Å²) >= 11 is 0. The van der Waals surface area contributed by atoms with Crippen molar-refractivity contribution in [3.63, 3.8) is 0 Å². The number of fused-ring (bicyclic) bond motifs is 1. The number of carbonyl (C=O) groups is 1. The van der Waals surface area contributed by atoms with Crippen LogP contribution in [0.15, 0.2) is 24.3 Å². The van der Waals surface area contributed by atoms with Gasteiger partial charge in [-0.3, -0.25) is 4.79 Å². The predicted octanol–water partition coefficient (Wildman–Crippen LogP) is 3.54. The van der Waals surface area contributed by atoms with E-state index in [0.717, 1.165) is 53.9 Å². The van der Waals surface area contributed by atoms with Gasteiger partial charge in [-0.25, -0.2) is 4.98 Å². The number of benzene rings is 1. The first-order valence-electron chi connectivity index (χ1n) is 10.3. The minimum absolute atomic E-state index is 0.0757. The van der Waals surface area contributed by atoms with E-state index in [2.05, 4.69) is 21.9 Å². The first-order valence-corrected chi connectivity index (χ1v) is 10.3. The van der Waals surface area contributed by atoms with Crippen LogP contribution >= 0.6 is 0 Å². The summed E-state index contributed by atoms with van der Waals surface area (Å²) in [6.45, 7) is 1.15. The van der Waals surface area contributed by atoms with Crippen molar-refractivity contribution >= 4 is 16.9 Å². The largest absolute Gasteiger partial charge is 0.355 e. The first-order chi connectivity index (χ1) is 13.2. The Morgan fingerprint density at radius 3 is 2.52 bits per heavy atom. The molecule has 1 aromatic carbocycles. The third kappa shape index (κ3) is 2.84. The van der Waals surface area contributed by atoms with Crippen molar-refractivity contribution in [1.82, 2.24) is 14.9 Å². The Bertz CT molecular complexity index is 884. The maximum atomic E-state index is 13.1. The number of nitrogens with zero attached hydrogens (tertiary/aromatic N) is 2. The third-order valence-electron chi connectivity index (χ3n) is 7.14. The molecule has 0 spiro atoms. The second-order valence-electron chi connectivity index (χ2n) is 9.01. The SMILES string of the molecule is C#CCn1c(CCNC(=O)C23CC4CC(CC(C4)C2)C3)nc2ccccc21. The maximum absolute atomic E-state index is 13.1. The molecule has 0 unspecified atom stereocenters. The van der Waals surface area contributed by atoms with Gasteiger partial charge >= 0.3 is 0 Å². The molecule has 1 N–H and O–H groups in total. The molecule has 4 fully saturated rings. The summed E-state index contributed by atoms with van der Waals surface area (Å²) in [7, 11) is 0. The average molecular weight is 361 g/mol. The number of hydrogen-bond acceptors (Lipinski definition) is 2. The van der Waals surface area contributed by atoms with Gasteiger partial charge in [0, 0.05) is 18.4 Å². The Labute approximate surface area is 160 Å². The molecule has 4 nitrogen and oxygen atoms in total. The molecule has 1 aromatic heterocycles. The molecule has 2 aromatic rings. The Morgan fingerprint density at radius 2 is 1.85 bits per heavy atom. The van der Waals surface area contributed by atoms with E-state index in [0.29, 0.717) is 25.4 Å². The van der Waals surface area contributed by atoms with Crippen LogP contribution in [0.5, 0.6) is 0 Å². The first kappa shape index (κ1) is 16.9. The van der Waals surface area contributed by atoms with Crippen LogP contribution in [-0.2, 0) is 17.8 Å². The van der Waals surface area contributed by atoms with Crippen molar-refractivity contribution in [3.05, 3.63) is 30.1 Å². The van der Waals surface area contributed by atoms with Crippen LogP contribution in [0.1, 0.15) is 44.3 Å². The summed E-state index contributed by atoms with van der Waals surface area (Å²) in [6.07, 6.45) is 13.7. The molecule has 1 amide bonds. The third-order valence-corrected chi connectivity index (χ3v) is 7.14. The molecule has 0 aliphatic heterocycles. The summed E-state index contributed by atoms with van der Waals surface area (Å²) < 4.78 is 2.09. The van der Waals surface area contributed by atoms with Gasteiger partial charge in [-0.1, -0.05) is 18.1 Å². The van der Waals surface area contributed by atoms with Gasteiger partial charge in [0.25, 0.3) is 0 Å². The Hall–Kier alpha value is -2.28. The molecule has 4 saturated carbocycles. The molecule has 6 rings (SSSR count). The summed E-state index contributed by atoms with van der Waals surface area (Å²) in [5.74, 6) is 6.36. The number of aromatic nitrogens is 2. The van der Waals surface area contributed by atoms with E-state index in [9.17, 15) is 4.79 Å². The van der Waals surface area contributed by atoms with E-state index < -0.39 is 0 Å². The van der Waals surface area contributed by atoms with Crippen LogP contribution < -0.4 is 5.32 Å². The lowest BCUT2D eigenvalue weighted by Crippen LogP contribution is -2.53. The zero-order chi connectivity index (χ0) is 18.4. The zero-order valence-electron chi connectivity index (χ0n) is 15.8. The topological polar surface area (TPSA) is 46.9 Å². The lowest BCUT2D eigenvalue weighted by molar-refractivity contribution is -0.146. The van der Waals surface area contributed by atoms with E-state index in [1.54, 1.807) is 0 Å². The number of nitrogens with one attached hydrogen (secondary N) is 1. The number of amides is 1. The standard InChI is InChI=1S/C23H27N3O/c1-2-9-26-20-6-4-3-5-19(20)25-21(26)7-8-24-22(27)23-13-16-10-17(14-23)12-18(11-16)15-23/h1,3-6,16-18H,7-15H2,(H,24,27). The van der Waals surface area contributed by atoms with Gasteiger partial charge in [0.1, 0.15) is 5.82 Å². The fourth-order valence-corrected chi connectivity index (χ4v) is 6.45. The lowest BCUT2D eigenvalue weighted by Gasteiger charge is -2.55. The lowest BCUT2D eigenvalue weighted by atomic mass is 9.49. The highest BCUT2D eigenvalue weighted by atomic mass is 16.2. The quantitative estimate of drug-likeness (QED) is 0.828. The highest BCUT2D eigenvalue weighted by Crippen LogP contribution is 2.60. The average Bonchev–Trinajstić information content (AvgIpc) is 2.99. The Balaban J connectivity index is 1.28. The molecule has 0 atom stereocenters. The maximum Gasteiger partial charge on any atom is 0.226 e. The molecule has 27 heavy (non-hydrogen) atoms. The fourth-order valence-electron chi connectivity index (χ4n) is 6.45. The molecule has 1 heterocycles. The van der Waals surface area contributed by atoms with Crippen LogP contribution in [0.2, 0.25) is 0 Å². The van der Waals surface area contributed by atoms with E-state index in [1.807, 2.05) is 18.2 Å². The number of carbonyl (C=O) groups excluding carboxylic acids is 1. The number of rotatable bonds is 5. The molecule has 140 valence electrons. The van der Waals surface area contributed by atoms with Crippen molar-refractivity contribution in [2.24, 2.45) is 23.2 Å². The summed E-state index contributed by atoms with van der Waals surface area (Å²) in [6, 6.07) is 8.07. The molecule has 0 saturated heterocycles. The second-order valence-corrected chi connectivity index (χ2v) is 9.01. The molecule has 4 heteroatoms. The van der Waals surface area contributed by atoms with Crippen molar-refractivity contribution in [3.8, 4) is 12.3 Å². The van der Waals surface area contributed by atoms with Gasteiger partial charge in [0.15, 0.2) is 0 Å². The van der Waals surface area contributed by atoms with Gasteiger partial charge in [-0.15, -0.1) is 6.42 Å². The Kier molecular flexibility index (Phi) is 4.00. The summed E-state index contributed by atoms with van der Waals surface area (Å²) in [5.41, 5.74) is 1.96. The van der Waals surface area contributed by atoms with Gasteiger partial charge in [0.05, 0.1) is 17.6 Å². The second kappa shape index (κ2) is 6.41. The van der Waals surface area contributed by atoms with E-state index >= 15 is 0 Å². The van der Waals surface area contributed by atoms with Crippen LogP contribution in [0.25, 0.3) is 11.0 Å². The minimum atomic E-state index is -0.0757. The van der Waals surface area contributed by atoms with Gasteiger partial charge in [-0.2, -0.15) is 0 Å². The van der Waals surface area contributed by atoms with Gasteiger partial charge in [-0.05, 0) is 68.4 Å². The zero-order valence-corrected chi connectivity index (χ0v) is 15.8. The molecule has 0 radical (unpaired) electrons. The smallest absolute Gasteiger partial charge is 0.226 e. The number of terminal acetylenes is 1. The summed E-state index contributed by atoms with van der Waals surface area (Å²) in [5, 5.41) is 3.26. The van der Waals surface area contributed by atoms with E-state index in [1.165, 1.54) is 19.3 Å². The van der Waals surface area contributed by atoms with Crippen molar-refractivity contribution < 1.29 is 4.79 Å².